The molecule has 0 saturated carbocycles. The second-order valence-electron chi connectivity index (χ2n) is 5.14. The molecule has 1 aromatic heterocycles. The van der Waals surface area contributed by atoms with Gasteiger partial charge in [0.15, 0.2) is 0 Å². The SMILES string of the molecule is Cc1cc(NC2CC3CCC(C2)N3)ccn1. The van der Waals surface area contributed by atoms with Gasteiger partial charge < -0.3 is 10.6 Å². The van der Waals surface area contributed by atoms with E-state index in [2.05, 4.69) is 27.8 Å². The van der Waals surface area contributed by atoms with Crippen molar-refractivity contribution in [3.05, 3.63) is 24.0 Å². The van der Waals surface area contributed by atoms with Crippen molar-refractivity contribution in [2.75, 3.05) is 5.32 Å². The van der Waals surface area contributed by atoms with E-state index in [4.69, 9.17) is 0 Å². The number of aromatic nitrogens is 1. The van der Waals surface area contributed by atoms with Crippen LogP contribution in [0.5, 0.6) is 0 Å². The van der Waals surface area contributed by atoms with E-state index < -0.39 is 0 Å². The summed E-state index contributed by atoms with van der Waals surface area (Å²) >= 11 is 0. The molecule has 2 aliphatic rings. The lowest BCUT2D eigenvalue weighted by molar-refractivity contribution is 0.378. The van der Waals surface area contributed by atoms with Crippen molar-refractivity contribution in [1.82, 2.24) is 10.3 Å². The molecule has 0 aromatic carbocycles. The van der Waals surface area contributed by atoms with Crippen molar-refractivity contribution in [3.63, 3.8) is 0 Å². The Kier molecular flexibility index (Phi) is 2.56. The molecule has 2 unspecified atom stereocenters. The first-order chi connectivity index (χ1) is 7.79. The maximum atomic E-state index is 4.22. The molecule has 2 fully saturated rings. The van der Waals surface area contributed by atoms with Crippen LogP contribution in [-0.2, 0) is 0 Å². The average molecular weight is 217 g/mol. The molecule has 3 nitrogen and oxygen atoms in total. The molecule has 16 heavy (non-hydrogen) atoms. The van der Waals surface area contributed by atoms with Crippen LogP contribution >= 0.6 is 0 Å². The molecule has 2 aliphatic heterocycles. The van der Waals surface area contributed by atoms with Crippen LogP contribution in [0.1, 0.15) is 31.4 Å². The second-order valence-corrected chi connectivity index (χ2v) is 5.14. The van der Waals surface area contributed by atoms with Crippen LogP contribution in [0.4, 0.5) is 5.69 Å². The summed E-state index contributed by atoms with van der Waals surface area (Å²) < 4.78 is 0. The third-order valence-electron chi connectivity index (χ3n) is 3.74. The number of pyridine rings is 1. The number of anilines is 1. The van der Waals surface area contributed by atoms with Gasteiger partial charge in [-0.1, -0.05) is 0 Å². The zero-order chi connectivity index (χ0) is 11.0. The van der Waals surface area contributed by atoms with Gasteiger partial charge in [-0.15, -0.1) is 0 Å². The number of rotatable bonds is 2. The molecule has 0 amide bonds. The lowest BCUT2D eigenvalue weighted by Gasteiger charge is -2.30. The molecule has 0 spiro atoms. The van der Waals surface area contributed by atoms with Crippen molar-refractivity contribution < 1.29 is 0 Å². The maximum Gasteiger partial charge on any atom is 0.0393 e. The molecule has 2 bridgehead atoms. The number of hydrogen-bond acceptors (Lipinski definition) is 3. The van der Waals surface area contributed by atoms with Gasteiger partial charge in [0.25, 0.3) is 0 Å². The summed E-state index contributed by atoms with van der Waals surface area (Å²) in [6.45, 7) is 2.04. The Morgan fingerprint density at radius 2 is 2.06 bits per heavy atom. The first-order valence-corrected chi connectivity index (χ1v) is 6.25. The van der Waals surface area contributed by atoms with Gasteiger partial charge in [0, 0.05) is 35.7 Å². The fourth-order valence-electron chi connectivity index (χ4n) is 3.05. The van der Waals surface area contributed by atoms with E-state index in [-0.39, 0.29) is 0 Å². The van der Waals surface area contributed by atoms with E-state index in [0.29, 0.717) is 6.04 Å². The summed E-state index contributed by atoms with van der Waals surface area (Å²) in [6.07, 6.45) is 7.12. The Hall–Kier alpha value is -1.09. The summed E-state index contributed by atoms with van der Waals surface area (Å²) in [6, 6.07) is 6.33. The van der Waals surface area contributed by atoms with Crippen LogP contribution in [-0.4, -0.2) is 23.1 Å². The van der Waals surface area contributed by atoms with Crippen molar-refractivity contribution >= 4 is 5.69 Å². The topological polar surface area (TPSA) is 37.0 Å². The van der Waals surface area contributed by atoms with Crippen LogP contribution in [0.3, 0.4) is 0 Å². The molecule has 3 heteroatoms. The number of hydrogen-bond donors (Lipinski definition) is 2. The first kappa shape index (κ1) is 10.1. The average Bonchev–Trinajstić information content (AvgIpc) is 2.58. The highest BCUT2D eigenvalue weighted by molar-refractivity contribution is 5.44. The smallest absolute Gasteiger partial charge is 0.0393 e. The van der Waals surface area contributed by atoms with Crippen LogP contribution < -0.4 is 10.6 Å². The number of piperidine rings is 1. The second kappa shape index (κ2) is 4.06. The minimum atomic E-state index is 0.639. The van der Waals surface area contributed by atoms with Crippen LogP contribution in [0.15, 0.2) is 18.3 Å². The number of fused-ring (bicyclic) bond motifs is 2. The van der Waals surface area contributed by atoms with E-state index >= 15 is 0 Å². The van der Waals surface area contributed by atoms with Crippen LogP contribution in [0, 0.1) is 6.92 Å². The Bertz CT molecular complexity index is 365. The van der Waals surface area contributed by atoms with Gasteiger partial charge >= 0.3 is 0 Å². The quantitative estimate of drug-likeness (QED) is 0.796. The Morgan fingerprint density at radius 3 is 2.75 bits per heavy atom. The summed E-state index contributed by atoms with van der Waals surface area (Å²) in [4.78, 5) is 4.22. The normalized spacial score (nSPS) is 32.7. The molecule has 3 rings (SSSR count). The van der Waals surface area contributed by atoms with E-state index in [9.17, 15) is 0 Å². The number of nitrogens with zero attached hydrogens (tertiary/aromatic N) is 1. The first-order valence-electron chi connectivity index (χ1n) is 6.25. The number of nitrogens with one attached hydrogen (secondary N) is 2. The van der Waals surface area contributed by atoms with E-state index in [0.717, 1.165) is 17.8 Å². The molecule has 0 aliphatic carbocycles. The van der Waals surface area contributed by atoms with E-state index in [1.165, 1.54) is 31.4 Å². The minimum Gasteiger partial charge on any atom is -0.382 e. The van der Waals surface area contributed by atoms with Gasteiger partial charge in [-0.3, -0.25) is 4.98 Å². The largest absolute Gasteiger partial charge is 0.382 e. The zero-order valence-corrected chi connectivity index (χ0v) is 9.74. The highest BCUT2D eigenvalue weighted by Gasteiger charge is 2.33. The van der Waals surface area contributed by atoms with E-state index in [1.807, 2.05) is 13.1 Å². The molecular formula is C13H19N3. The summed E-state index contributed by atoms with van der Waals surface area (Å²) in [5, 5.41) is 7.31. The van der Waals surface area contributed by atoms with Crippen LogP contribution in [0.25, 0.3) is 0 Å². The summed E-state index contributed by atoms with van der Waals surface area (Å²) in [5.74, 6) is 0. The molecule has 2 N–H and O–H groups in total. The molecular weight excluding hydrogens is 198 g/mol. The third kappa shape index (κ3) is 2.05. The summed E-state index contributed by atoms with van der Waals surface area (Å²) in [7, 11) is 0. The van der Waals surface area contributed by atoms with Gasteiger partial charge in [0.2, 0.25) is 0 Å². The standard InChI is InChI=1S/C13H19N3/c1-9-6-12(4-5-14-9)16-13-7-10-2-3-11(8-13)15-10/h4-6,10-11,13,15H,2-3,7-8H2,1H3,(H,14,16). The maximum absolute atomic E-state index is 4.22. The molecule has 1 aromatic rings. The van der Waals surface area contributed by atoms with Crippen LogP contribution in [0.2, 0.25) is 0 Å². The van der Waals surface area contributed by atoms with Gasteiger partial charge in [-0.05, 0) is 44.7 Å². The van der Waals surface area contributed by atoms with Crippen molar-refractivity contribution in [2.45, 2.75) is 50.7 Å². The fraction of sp³-hybridized carbons (Fsp3) is 0.615. The summed E-state index contributed by atoms with van der Waals surface area (Å²) in [5.41, 5.74) is 2.31. The molecule has 2 atom stereocenters. The Morgan fingerprint density at radius 1 is 1.31 bits per heavy atom. The van der Waals surface area contributed by atoms with Crippen molar-refractivity contribution in [1.29, 1.82) is 0 Å². The number of aryl methyl sites for hydroxylation is 1. The lowest BCUT2D eigenvalue weighted by atomic mass is 9.99. The van der Waals surface area contributed by atoms with Crippen molar-refractivity contribution in [2.24, 2.45) is 0 Å². The monoisotopic (exact) mass is 217 g/mol. The van der Waals surface area contributed by atoms with Gasteiger partial charge in [-0.2, -0.15) is 0 Å². The van der Waals surface area contributed by atoms with Gasteiger partial charge in [0.05, 0.1) is 0 Å². The minimum absolute atomic E-state index is 0.639. The molecule has 0 radical (unpaired) electrons. The highest BCUT2D eigenvalue weighted by atomic mass is 15.0. The van der Waals surface area contributed by atoms with Gasteiger partial charge in [-0.25, -0.2) is 0 Å². The van der Waals surface area contributed by atoms with Gasteiger partial charge in [0.1, 0.15) is 0 Å². The highest BCUT2D eigenvalue weighted by Crippen LogP contribution is 2.28. The predicted molar refractivity (Wildman–Crippen MR) is 65.6 cm³/mol. The predicted octanol–water partition coefficient (Wildman–Crippen LogP) is 2.08. The molecule has 86 valence electrons. The molecule has 3 heterocycles. The fourth-order valence-corrected chi connectivity index (χ4v) is 3.05. The van der Waals surface area contributed by atoms with E-state index in [1.54, 1.807) is 0 Å². The van der Waals surface area contributed by atoms with Crippen molar-refractivity contribution in [3.8, 4) is 0 Å². The zero-order valence-electron chi connectivity index (χ0n) is 9.74. The Labute approximate surface area is 96.7 Å². The Balaban J connectivity index is 1.67. The molecule has 2 saturated heterocycles. The lowest BCUT2D eigenvalue weighted by Crippen LogP contribution is -2.43. The third-order valence-corrected chi connectivity index (χ3v) is 3.74.